The molecular formula is C19H21NO5S. The summed E-state index contributed by atoms with van der Waals surface area (Å²) in [4.78, 5) is 26.8. The van der Waals surface area contributed by atoms with E-state index in [1.54, 1.807) is 29.5 Å². The molecule has 138 valence electrons. The number of hydrogen-bond donors (Lipinski definition) is 1. The SMILES string of the molecule is CCOc1cc(C(=O)N2CCCC2c2cccs2)ccc1OCC(=O)O. The zero-order valence-electron chi connectivity index (χ0n) is 14.5. The summed E-state index contributed by atoms with van der Waals surface area (Å²) in [5, 5.41) is 10.8. The number of rotatable bonds is 7. The molecule has 1 amide bonds. The zero-order chi connectivity index (χ0) is 18.5. The molecule has 6 nitrogen and oxygen atoms in total. The molecule has 1 aromatic carbocycles. The monoisotopic (exact) mass is 375 g/mol. The molecular weight excluding hydrogens is 354 g/mol. The summed E-state index contributed by atoms with van der Waals surface area (Å²) in [5.74, 6) is -0.413. The van der Waals surface area contributed by atoms with Crippen molar-refractivity contribution in [1.82, 2.24) is 4.90 Å². The Balaban J connectivity index is 1.82. The number of amides is 1. The van der Waals surface area contributed by atoms with Crippen molar-refractivity contribution < 1.29 is 24.2 Å². The van der Waals surface area contributed by atoms with Crippen LogP contribution in [0.5, 0.6) is 11.5 Å². The van der Waals surface area contributed by atoms with E-state index < -0.39 is 12.6 Å². The summed E-state index contributed by atoms with van der Waals surface area (Å²) in [6.07, 6.45) is 1.94. The lowest BCUT2D eigenvalue weighted by Gasteiger charge is -2.24. The number of ether oxygens (including phenoxy) is 2. The third-order valence-electron chi connectivity index (χ3n) is 4.23. The molecule has 0 spiro atoms. The number of carboxylic acid groups (broad SMARTS) is 1. The molecule has 0 aliphatic carbocycles. The predicted octanol–water partition coefficient (Wildman–Crippen LogP) is 3.59. The lowest BCUT2D eigenvalue weighted by Crippen LogP contribution is -2.30. The van der Waals surface area contributed by atoms with Gasteiger partial charge in [-0.15, -0.1) is 11.3 Å². The van der Waals surface area contributed by atoms with E-state index in [-0.39, 0.29) is 11.9 Å². The standard InChI is InChI=1S/C19H21NO5S/c1-2-24-16-11-13(7-8-15(16)25-12-18(21)22)19(23)20-9-3-5-14(20)17-6-4-10-26-17/h4,6-8,10-11,14H,2-3,5,9,12H2,1H3,(H,21,22). The van der Waals surface area contributed by atoms with Crippen LogP contribution in [0.25, 0.3) is 0 Å². The summed E-state index contributed by atoms with van der Waals surface area (Å²) >= 11 is 1.67. The van der Waals surface area contributed by atoms with E-state index in [1.165, 1.54) is 4.88 Å². The summed E-state index contributed by atoms with van der Waals surface area (Å²) in [6, 6.07) is 9.06. The molecule has 7 heteroatoms. The fourth-order valence-corrected chi connectivity index (χ4v) is 3.99. The minimum absolute atomic E-state index is 0.0494. The predicted molar refractivity (Wildman–Crippen MR) is 98.1 cm³/mol. The van der Waals surface area contributed by atoms with E-state index in [0.717, 1.165) is 19.4 Å². The third kappa shape index (κ3) is 3.99. The van der Waals surface area contributed by atoms with Gasteiger partial charge >= 0.3 is 5.97 Å². The van der Waals surface area contributed by atoms with E-state index in [4.69, 9.17) is 14.6 Å². The molecule has 1 aromatic heterocycles. The van der Waals surface area contributed by atoms with Crippen LogP contribution >= 0.6 is 11.3 Å². The van der Waals surface area contributed by atoms with Crippen molar-refractivity contribution in [2.45, 2.75) is 25.8 Å². The van der Waals surface area contributed by atoms with Crippen molar-refractivity contribution in [2.24, 2.45) is 0 Å². The van der Waals surface area contributed by atoms with Crippen LogP contribution in [-0.2, 0) is 4.79 Å². The highest BCUT2D eigenvalue weighted by molar-refractivity contribution is 7.10. The second kappa shape index (κ2) is 8.23. The average molecular weight is 375 g/mol. The van der Waals surface area contributed by atoms with Gasteiger partial charge < -0.3 is 19.5 Å². The molecule has 0 radical (unpaired) electrons. The van der Waals surface area contributed by atoms with Crippen LogP contribution in [0.1, 0.15) is 41.0 Å². The molecule has 1 N–H and O–H groups in total. The number of carboxylic acids is 1. The Bertz CT molecular complexity index is 774. The van der Waals surface area contributed by atoms with E-state index >= 15 is 0 Å². The third-order valence-corrected chi connectivity index (χ3v) is 5.20. The normalized spacial score (nSPS) is 16.5. The maximum Gasteiger partial charge on any atom is 0.341 e. The number of benzene rings is 1. The van der Waals surface area contributed by atoms with Crippen LogP contribution in [0.2, 0.25) is 0 Å². The fourth-order valence-electron chi connectivity index (χ4n) is 3.12. The molecule has 0 saturated carbocycles. The van der Waals surface area contributed by atoms with E-state index in [1.807, 2.05) is 23.3 Å². The molecule has 1 aliphatic heterocycles. The molecule has 1 atom stereocenters. The number of nitrogens with zero attached hydrogens (tertiary/aromatic N) is 1. The first kappa shape index (κ1) is 18.3. The fraction of sp³-hybridized carbons (Fsp3) is 0.368. The van der Waals surface area contributed by atoms with Gasteiger partial charge in [0.25, 0.3) is 5.91 Å². The maximum atomic E-state index is 13.0. The molecule has 1 aliphatic rings. The van der Waals surface area contributed by atoms with E-state index in [9.17, 15) is 9.59 Å². The second-order valence-electron chi connectivity index (χ2n) is 5.95. The van der Waals surface area contributed by atoms with Crippen molar-refractivity contribution in [3.05, 3.63) is 46.2 Å². The van der Waals surface area contributed by atoms with Gasteiger partial charge in [-0.3, -0.25) is 4.79 Å². The van der Waals surface area contributed by atoms with Gasteiger partial charge in [0.1, 0.15) is 0 Å². The summed E-state index contributed by atoms with van der Waals surface area (Å²) in [7, 11) is 0. The van der Waals surface area contributed by atoms with Gasteiger partial charge in [0, 0.05) is 17.0 Å². The molecule has 0 bridgehead atoms. The highest BCUT2D eigenvalue weighted by atomic mass is 32.1. The Labute approximate surface area is 156 Å². The molecule has 1 saturated heterocycles. The molecule has 3 rings (SSSR count). The van der Waals surface area contributed by atoms with E-state index in [0.29, 0.717) is 23.7 Å². The first-order chi connectivity index (χ1) is 12.6. The molecule has 26 heavy (non-hydrogen) atoms. The van der Waals surface area contributed by atoms with Crippen LogP contribution in [0.4, 0.5) is 0 Å². The van der Waals surface area contributed by atoms with Gasteiger partial charge in [0.2, 0.25) is 0 Å². The van der Waals surface area contributed by atoms with Gasteiger partial charge in [-0.2, -0.15) is 0 Å². The molecule has 1 fully saturated rings. The lowest BCUT2D eigenvalue weighted by molar-refractivity contribution is -0.139. The van der Waals surface area contributed by atoms with Crippen molar-refractivity contribution in [2.75, 3.05) is 19.8 Å². The number of hydrogen-bond acceptors (Lipinski definition) is 5. The lowest BCUT2D eigenvalue weighted by atomic mass is 10.1. The summed E-state index contributed by atoms with van der Waals surface area (Å²) < 4.78 is 10.8. The van der Waals surface area contributed by atoms with Gasteiger partial charge in [0.05, 0.1) is 12.6 Å². The second-order valence-corrected chi connectivity index (χ2v) is 6.93. The minimum Gasteiger partial charge on any atom is -0.490 e. The smallest absolute Gasteiger partial charge is 0.341 e. The van der Waals surface area contributed by atoms with Gasteiger partial charge in [-0.25, -0.2) is 4.79 Å². The topological polar surface area (TPSA) is 76.1 Å². The number of thiophene rings is 1. The molecule has 1 unspecified atom stereocenters. The van der Waals surface area contributed by atoms with Crippen LogP contribution in [-0.4, -0.2) is 41.6 Å². The largest absolute Gasteiger partial charge is 0.490 e. The summed E-state index contributed by atoms with van der Waals surface area (Å²) in [5.41, 5.74) is 0.514. The minimum atomic E-state index is -1.07. The quantitative estimate of drug-likeness (QED) is 0.800. The van der Waals surface area contributed by atoms with Crippen LogP contribution in [0.15, 0.2) is 35.7 Å². The highest BCUT2D eigenvalue weighted by Gasteiger charge is 2.31. The van der Waals surface area contributed by atoms with Crippen molar-refractivity contribution in [1.29, 1.82) is 0 Å². The Morgan fingerprint density at radius 3 is 2.81 bits per heavy atom. The molecule has 2 heterocycles. The number of aliphatic carboxylic acids is 1. The number of likely N-dealkylation sites (tertiary alicyclic amines) is 1. The van der Waals surface area contributed by atoms with E-state index in [2.05, 4.69) is 6.07 Å². The first-order valence-electron chi connectivity index (χ1n) is 8.56. The van der Waals surface area contributed by atoms with Crippen molar-refractivity contribution in [3.8, 4) is 11.5 Å². The number of carbonyl (C=O) groups is 2. The van der Waals surface area contributed by atoms with Crippen LogP contribution in [0.3, 0.4) is 0 Å². The maximum absolute atomic E-state index is 13.0. The van der Waals surface area contributed by atoms with Gasteiger partial charge in [-0.05, 0) is 49.4 Å². The van der Waals surface area contributed by atoms with Gasteiger partial charge in [-0.1, -0.05) is 6.07 Å². The Hall–Kier alpha value is -2.54. The summed E-state index contributed by atoms with van der Waals surface area (Å²) in [6.45, 7) is 2.48. The Morgan fingerprint density at radius 2 is 2.12 bits per heavy atom. The van der Waals surface area contributed by atoms with Crippen molar-refractivity contribution >= 4 is 23.2 Å². The zero-order valence-corrected chi connectivity index (χ0v) is 15.3. The highest BCUT2D eigenvalue weighted by Crippen LogP contribution is 2.36. The Morgan fingerprint density at radius 1 is 1.27 bits per heavy atom. The first-order valence-corrected chi connectivity index (χ1v) is 9.44. The van der Waals surface area contributed by atoms with Crippen molar-refractivity contribution in [3.63, 3.8) is 0 Å². The van der Waals surface area contributed by atoms with Crippen LogP contribution < -0.4 is 9.47 Å². The number of carbonyl (C=O) groups excluding carboxylic acids is 1. The Kier molecular flexibility index (Phi) is 5.78. The van der Waals surface area contributed by atoms with Crippen LogP contribution in [0, 0.1) is 0 Å². The average Bonchev–Trinajstić information content (AvgIpc) is 3.31. The van der Waals surface area contributed by atoms with Gasteiger partial charge in [0.15, 0.2) is 18.1 Å². The molecule has 2 aromatic rings.